The van der Waals surface area contributed by atoms with Crippen molar-refractivity contribution < 1.29 is 18.7 Å². The monoisotopic (exact) mass is 406 g/mol. The highest BCUT2D eigenvalue weighted by Crippen LogP contribution is 2.24. The second-order valence-corrected chi connectivity index (χ2v) is 6.53. The van der Waals surface area contributed by atoms with Crippen molar-refractivity contribution in [3.05, 3.63) is 52.8 Å². The van der Waals surface area contributed by atoms with E-state index in [0.29, 0.717) is 23.1 Å². The highest BCUT2D eigenvalue weighted by Gasteiger charge is 2.21. The molecule has 130 valence electrons. The van der Waals surface area contributed by atoms with E-state index in [4.69, 9.17) is 4.74 Å². The van der Waals surface area contributed by atoms with E-state index in [0.717, 1.165) is 12.1 Å². The molecule has 1 fully saturated rings. The zero-order chi connectivity index (χ0) is 17.8. The zero-order valence-corrected chi connectivity index (χ0v) is 14.9. The quantitative estimate of drug-likeness (QED) is 0.822. The first kappa shape index (κ1) is 17.4. The Labute approximate surface area is 152 Å². The van der Waals surface area contributed by atoms with Crippen LogP contribution in [0.3, 0.4) is 0 Å². The van der Waals surface area contributed by atoms with Gasteiger partial charge >= 0.3 is 0 Å². The Kier molecular flexibility index (Phi) is 5.33. The lowest BCUT2D eigenvalue weighted by atomic mass is 10.2. The number of carbonyl (C=O) groups is 2. The summed E-state index contributed by atoms with van der Waals surface area (Å²) >= 11 is 3.16. The predicted molar refractivity (Wildman–Crippen MR) is 96.3 cm³/mol. The lowest BCUT2D eigenvalue weighted by Crippen LogP contribution is -2.24. The Morgan fingerprint density at radius 2 is 2.12 bits per heavy atom. The van der Waals surface area contributed by atoms with Crippen LogP contribution < -0.4 is 15.0 Å². The van der Waals surface area contributed by atoms with Crippen molar-refractivity contribution in [3.8, 4) is 5.75 Å². The molecule has 1 aliphatic rings. The van der Waals surface area contributed by atoms with Crippen molar-refractivity contribution in [2.45, 2.75) is 12.8 Å². The van der Waals surface area contributed by atoms with Crippen molar-refractivity contribution >= 4 is 39.1 Å². The van der Waals surface area contributed by atoms with E-state index < -0.39 is 11.7 Å². The van der Waals surface area contributed by atoms with Gasteiger partial charge in [0.25, 0.3) is 5.91 Å². The molecule has 0 aromatic heterocycles. The molecule has 1 N–H and O–H groups in total. The molecular formula is C18H16BrFN2O3. The largest absolute Gasteiger partial charge is 0.481 e. The maximum Gasteiger partial charge on any atom is 0.262 e. The first-order valence-corrected chi connectivity index (χ1v) is 8.60. The summed E-state index contributed by atoms with van der Waals surface area (Å²) in [5.74, 6) is -0.865. The maximum atomic E-state index is 13.7. The zero-order valence-electron chi connectivity index (χ0n) is 13.3. The predicted octanol–water partition coefficient (Wildman–Crippen LogP) is 3.73. The van der Waals surface area contributed by atoms with E-state index in [1.165, 1.54) is 12.1 Å². The summed E-state index contributed by atoms with van der Waals surface area (Å²) < 4.78 is 19.5. The molecule has 1 saturated heterocycles. The summed E-state index contributed by atoms with van der Waals surface area (Å²) in [6.45, 7) is 0.369. The van der Waals surface area contributed by atoms with Gasteiger partial charge < -0.3 is 15.0 Å². The second kappa shape index (κ2) is 7.65. The van der Waals surface area contributed by atoms with Crippen LogP contribution in [0.2, 0.25) is 0 Å². The molecule has 1 heterocycles. The molecule has 0 atom stereocenters. The summed E-state index contributed by atoms with van der Waals surface area (Å²) in [5, 5.41) is 2.69. The van der Waals surface area contributed by atoms with Crippen LogP contribution in [0.25, 0.3) is 0 Å². The number of ether oxygens (including phenoxy) is 1. The highest BCUT2D eigenvalue weighted by atomic mass is 79.9. The number of hydrogen-bond acceptors (Lipinski definition) is 3. The van der Waals surface area contributed by atoms with Gasteiger partial charge in [-0.1, -0.05) is 22.0 Å². The molecule has 0 spiro atoms. The van der Waals surface area contributed by atoms with Gasteiger partial charge in [-0.3, -0.25) is 9.59 Å². The molecule has 0 unspecified atom stereocenters. The summed E-state index contributed by atoms with van der Waals surface area (Å²) in [6, 6.07) is 11.4. The van der Waals surface area contributed by atoms with E-state index in [1.54, 1.807) is 29.2 Å². The molecule has 0 bridgehead atoms. The van der Waals surface area contributed by atoms with Gasteiger partial charge in [-0.05, 0) is 42.8 Å². The first-order valence-electron chi connectivity index (χ1n) is 7.81. The van der Waals surface area contributed by atoms with Gasteiger partial charge in [-0.15, -0.1) is 0 Å². The third-order valence-corrected chi connectivity index (χ3v) is 4.26. The minimum absolute atomic E-state index is 0.00904. The summed E-state index contributed by atoms with van der Waals surface area (Å²) in [7, 11) is 0. The fourth-order valence-corrected chi connectivity index (χ4v) is 2.94. The van der Waals surface area contributed by atoms with Crippen LogP contribution in [-0.4, -0.2) is 25.0 Å². The SMILES string of the molecule is O=C(COc1ccc(Br)cc1F)Nc1cccc(N2CCCC2=O)c1. The maximum absolute atomic E-state index is 13.7. The van der Waals surface area contributed by atoms with Crippen molar-refractivity contribution in [2.75, 3.05) is 23.4 Å². The molecule has 0 radical (unpaired) electrons. The minimum atomic E-state index is -0.545. The molecule has 0 saturated carbocycles. The number of rotatable bonds is 5. The molecule has 25 heavy (non-hydrogen) atoms. The number of carbonyl (C=O) groups excluding carboxylic acids is 2. The smallest absolute Gasteiger partial charge is 0.262 e. The minimum Gasteiger partial charge on any atom is -0.481 e. The second-order valence-electron chi connectivity index (χ2n) is 5.61. The fraction of sp³-hybridized carbons (Fsp3) is 0.222. The normalized spacial score (nSPS) is 13.8. The Balaban J connectivity index is 1.60. The van der Waals surface area contributed by atoms with Crippen LogP contribution in [-0.2, 0) is 9.59 Å². The molecule has 7 heteroatoms. The summed E-state index contributed by atoms with van der Waals surface area (Å²) in [5.41, 5.74) is 1.31. The van der Waals surface area contributed by atoms with Gasteiger partial charge in [0.1, 0.15) is 0 Å². The van der Waals surface area contributed by atoms with Crippen LogP contribution >= 0.6 is 15.9 Å². The van der Waals surface area contributed by atoms with Gasteiger partial charge in [0.05, 0.1) is 0 Å². The Bertz CT molecular complexity index is 813. The van der Waals surface area contributed by atoms with Gasteiger partial charge in [-0.2, -0.15) is 0 Å². The number of anilines is 2. The molecule has 3 rings (SSSR count). The molecule has 2 aromatic rings. The van der Waals surface area contributed by atoms with Gasteiger partial charge in [0.2, 0.25) is 5.91 Å². The highest BCUT2D eigenvalue weighted by molar-refractivity contribution is 9.10. The average molecular weight is 407 g/mol. The Hall–Kier alpha value is -2.41. The van der Waals surface area contributed by atoms with E-state index in [2.05, 4.69) is 21.2 Å². The molecule has 5 nitrogen and oxygen atoms in total. The number of benzene rings is 2. The lowest BCUT2D eigenvalue weighted by molar-refractivity contribution is -0.118. The van der Waals surface area contributed by atoms with E-state index in [9.17, 15) is 14.0 Å². The number of hydrogen-bond donors (Lipinski definition) is 1. The Morgan fingerprint density at radius 3 is 2.84 bits per heavy atom. The average Bonchev–Trinajstić information content (AvgIpc) is 3.00. The van der Waals surface area contributed by atoms with Gasteiger partial charge in [0, 0.05) is 28.8 Å². The number of nitrogens with zero attached hydrogens (tertiary/aromatic N) is 1. The fourth-order valence-electron chi connectivity index (χ4n) is 2.61. The Morgan fingerprint density at radius 1 is 1.28 bits per heavy atom. The third kappa shape index (κ3) is 4.36. The van der Waals surface area contributed by atoms with E-state index in [1.807, 2.05) is 6.07 Å². The van der Waals surface area contributed by atoms with Crippen molar-refractivity contribution in [2.24, 2.45) is 0 Å². The number of halogens is 2. The van der Waals surface area contributed by atoms with Crippen LogP contribution in [0.1, 0.15) is 12.8 Å². The van der Waals surface area contributed by atoms with E-state index in [-0.39, 0.29) is 18.3 Å². The summed E-state index contributed by atoms with van der Waals surface area (Å²) in [6.07, 6.45) is 1.38. The van der Waals surface area contributed by atoms with Crippen LogP contribution in [0.4, 0.5) is 15.8 Å². The molecule has 2 aromatic carbocycles. The number of nitrogens with one attached hydrogen (secondary N) is 1. The van der Waals surface area contributed by atoms with E-state index >= 15 is 0 Å². The van der Waals surface area contributed by atoms with Gasteiger partial charge in [-0.25, -0.2) is 4.39 Å². The van der Waals surface area contributed by atoms with Gasteiger partial charge in [0.15, 0.2) is 18.2 Å². The van der Waals surface area contributed by atoms with Crippen LogP contribution in [0.5, 0.6) is 5.75 Å². The van der Waals surface area contributed by atoms with Crippen molar-refractivity contribution in [1.29, 1.82) is 0 Å². The first-order chi connectivity index (χ1) is 12.0. The lowest BCUT2D eigenvalue weighted by Gasteiger charge is -2.16. The standard InChI is InChI=1S/C18H16BrFN2O3/c19-12-6-7-16(15(20)9-12)25-11-17(23)21-13-3-1-4-14(10-13)22-8-2-5-18(22)24/h1,3-4,6-7,9-10H,2,5,8,11H2,(H,21,23). The molecular weight excluding hydrogens is 391 g/mol. The third-order valence-electron chi connectivity index (χ3n) is 3.77. The van der Waals surface area contributed by atoms with Crippen molar-refractivity contribution in [1.82, 2.24) is 0 Å². The van der Waals surface area contributed by atoms with Crippen LogP contribution in [0, 0.1) is 5.82 Å². The number of amides is 2. The van der Waals surface area contributed by atoms with Crippen molar-refractivity contribution in [3.63, 3.8) is 0 Å². The molecule has 2 amide bonds. The molecule has 0 aliphatic carbocycles. The topological polar surface area (TPSA) is 58.6 Å². The summed E-state index contributed by atoms with van der Waals surface area (Å²) in [4.78, 5) is 25.5. The molecule has 1 aliphatic heterocycles. The van der Waals surface area contributed by atoms with Crippen LogP contribution in [0.15, 0.2) is 46.9 Å².